The molecule has 1 aromatic heterocycles. The summed E-state index contributed by atoms with van der Waals surface area (Å²) in [5.41, 5.74) is 0. The molecule has 0 radical (unpaired) electrons. The molecule has 0 aromatic carbocycles. The van der Waals surface area contributed by atoms with Crippen molar-refractivity contribution in [2.24, 2.45) is 4.99 Å². The lowest BCUT2D eigenvalue weighted by molar-refractivity contribution is 0.0952. The van der Waals surface area contributed by atoms with Crippen molar-refractivity contribution < 1.29 is 14.3 Å². The van der Waals surface area contributed by atoms with Crippen LogP contribution < -0.4 is 16.0 Å². The fourth-order valence-electron chi connectivity index (χ4n) is 2.80. The van der Waals surface area contributed by atoms with Crippen LogP contribution in [0, 0.1) is 0 Å². The van der Waals surface area contributed by atoms with E-state index < -0.39 is 0 Å². The van der Waals surface area contributed by atoms with E-state index in [0.717, 1.165) is 30.1 Å². The van der Waals surface area contributed by atoms with Crippen LogP contribution in [0.1, 0.15) is 35.9 Å². The quantitative estimate of drug-likeness (QED) is 0.371. The smallest absolute Gasteiger partial charge is 0.409 e. The van der Waals surface area contributed by atoms with Crippen molar-refractivity contribution in [1.82, 2.24) is 20.9 Å². The normalized spacial score (nSPS) is 15.3. The van der Waals surface area contributed by atoms with Gasteiger partial charge in [0.1, 0.15) is 0 Å². The van der Waals surface area contributed by atoms with E-state index >= 15 is 0 Å². The number of amides is 2. The van der Waals surface area contributed by atoms with Gasteiger partial charge in [0.2, 0.25) is 0 Å². The molecular weight excluding hydrogens is 366 g/mol. The van der Waals surface area contributed by atoms with E-state index in [1.807, 2.05) is 24.4 Å². The summed E-state index contributed by atoms with van der Waals surface area (Å²) in [6.07, 6.45) is 2.29. The van der Waals surface area contributed by atoms with Crippen LogP contribution in [0.5, 0.6) is 0 Å². The van der Waals surface area contributed by atoms with E-state index in [1.54, 1.807) is 11.9 Å². The molecule has 2 heterocycles. The molecule has 0 atom stereocenters. The van der Waals surface area contributed by atoms with Crippen LogP contribution in [-0.4, -0.2) is 68.7 Å². The highest BCUT2D eigenvalue weighted by atomic mass is 32.1. The molecule has 0 bridgehead atoms. The van der Waals surface area contributed by atoms with Crippen molar-refractivity contribution in [1.29, 1.82) is 0 Å². The molecule has 3 N–H and O–H groups in total. The van der Waals surface area contributed by atoms with Gasteiger partial charge < -0.3 is 25.6 Å². The molecule has 0 aliphatic carbocycles. The minimum Gasteiger partial charge on any atom is -0.450 e. The summed E-state index contributed by atoms with van der Waals surface area (Å²) in [6, 6.07) is 3.96. The second-order valence-corrected chi connectivity index (χ2v) is 7.14. The number of guanidine groups is 1. The zero-order valence-electron chi connectivity index (χ0n) is 16.0. The first-order valence-electron chi connectivity index (χ1n) is 9.34. The van der Waals surface area contributed by atoms with E-state index in [9.17, 15) is 9.59 Å². The zero-order valence-corrected chi connectivity index (χ0v) is 16.8. The number of thiophene rings is 1. The predicted octanol–water partition coefficient (Wildman–Crippen LogP) is 1.65. The largest absolute Gasteiger partial charge is 0.450 e. The summed E-state index contributed by atoms with van der Waals surface area (Å²) in [5, 5.41) is 11.5. The molecule has 1 saturated heterocycles. The lowest BCUT2D eigenvalue weighted by Gasteiger charge is -2.32. The second kappa shape index (κ2) is 11.4. The van der Waals surface area contributed by atoms with Crippen LogP contribution in [0.4, 0.5) is 4.79 Å². The molecule has 1 aromatic rings. The van der Waals surface area contributed by atoms with Gasteiger partial charge in [-0.15, -0.1) is 11.3 Å². The third-order valence-corrected chi connectivity index (χ3v) is 5.13. The molecule has 0 unspecified atom stereocenters. The molecule has 8 nitrogen and oxygen atoms in total. The summed E-state index contributed by atoms with van der Waals surface area (Å²) >= 11 is 1.44. The Labute approximate surface area is 164 Å². The first-order chi connectivity index (χ1) is 13.1. The Morgan fingerprint density at radius 2 is 2.04 bits per heavy atom. The number of aliphatic imine (C=N–C) groups is 1. The van der Waals surface area contributed by atoms with E-state index in [0.29, 0.717) is 32.8 Å². The third-order valence-electron chi connectivity index (χ3n) is 4.26. The topological polar surface area (TPSA) is 95.1 Å². The van der Waals surface area contributed by atoms with Crippen molar-refractivity contribution in [3.63, 3.8) is 0 Å². The van der Waals surface area contributed by atoms with Crippen molar-refractivity contribution >= 4 is 29.3 Å². The monoisotopic (exact) mass is 395 g/mol. The standard InChI is InChI=1S/C18H29N5O3S/c1-3-26-18(25)23-11-7-14(8-12-23)22-17(19-2)21-10-5-9-20-16(24)15-6-4-13-27-15/h4,6,13-14H,3,5,7-12H2,1-2H3,(H,20,24)(H2,19,21,22). The Kier molecular flexibility index (Phi) is 8.90. The molecular formula is C18H29N5O3S. The number of nitrogens with zero attached hydrogens (tertiary/aromatic N) is 2. The molecule has 1 aliphatic heterocycles. The van der Waals surface area contributed by atoms with Gasteiger partial charge in [0.15, 0.2) is 5.96 Å². The maximum Gasteiger partial charge on any atom is 0.409 e. The number of nitrogens with one attached hydrogen (secondary N) is 3. The summed E-state index contributed by atoms with van der Waals surface area (Å²) < 4.78 is 5.04. The maximum atomic E-state index is 11.8. The SMILES string of the molecule is CCOC(=O)N1CCC(NC(=NC)NCCCNC(=O)c2cccs2)CC1. The molecule has 1 fully saturated rings. The molecule has 2 rings (SSSR count). The van der Waals surface area contributed by atoms with Gasteiger partial charge in [-0.1, -0.05) is 6.07 Å². The number of hydrogen-bond donors (Lipinski definition) is 3. The molecule has 0 saturated carbocycles. The molecule has 0 spiro atoms. The Bertz CT molecular complexity index is 613. The number of carbonyl (C=O) groups is 2. The Balaban J connectivity index is 1.59. The highest BCUT2D eigenvalue weighted by Crippen LogP contribution is 2.11. The van der Waals surface area contributed by atoms with E-state index in [2.05, 4.69) is 20.9 Å². The number of piperidine rings is 1. The summed E-state index contributed by atoms with van der Waals surface area (Å²) in [7, 11) is 1.74. The van der Waals surface area contributed by atoms with Gasteiger partial charge in [0.25, 0.3) is 5.91 Å². The Morgan fingerprint density at radius 1 is 1.30 bits per heavy atom. The average molecular weight is 396 g/mol. The minimum absolute atomic E-state index is 0.0270. The summed E-state index contributed by atoms with van der Waals surface area (Å²) in [6.45, 7) is 4.91. The lowest BCUT2D eigenvalue weighted by atomic mass is 10.1. The van der Waals surface area contributed by atoms with E-state index in [4.69, 9.17) is 4.74 Å². The highest BCUT2D eigenvalue weighted by Gasteiger charge is 2.23. The average Bonchev–Trinajstić information content (AvgIpc) is 3.22. The van der Waals surface area contributed by atoms with Crippen LogP contribution in [0.2, 0.25) is 0 Å². The number of rotatable bonds is 7. The van der Waals surface area contributed by atoms with E-state index in [-0.39, 0.29) is 18.0 Å². The first kappa shape index (κ1) is 21.0. The summed E-state index contributed by atoms with van der Waals surface area (Å²) in [4.78, 5) is 30.3. The van der Waals surface area contributed by atoms with Crippen LogP contribution in [0.15, 0.2) is 22.5 Å². The van der Waals surface area contributed by atoms with Gasteiger partial charge in [0, 0.05) is 39.3 Å². The van der Waals surface area contributed by atoms with Crippen molar-refractivity contribution in [3.05, 3.63) is 22.4 Å². The fourth-order valence-corrected chi connectivity index (χ4v) is 3.44. The summed E-state index contributed by atoms with van der Waals surface area (Å²) in [5.74, 6) is 0.718. The van der Waals surface area contributed by atoms with Gasteiger partial charge in [0.05, 0.1) is 11.5 Å². The van der Waals surface area contributed by atoms with Gasteiger partial charge >= 0.3 is 6.09 Å². The number of hydrogen-bond acceptors (Lipinski definition) is 5. The van der Waals surface area contributed by atoms with Gasteiger partial charge in [-0.05, 0) is 37.6 Å². The Hall–Kier alpha value is -2.29. The molecule has 27 heavy (non-hydrogen) atoms. The third kappa shape index (κ3) is 7.09. The Morgan fingerprint density at radius 3 is 2.67 bits per heavy atom. The van der Waals surface area contributed by atoms with E-state index in [1.165, 1.54) is 11.3 Å². The van der Waals surface area contributed by atoms with Crippen LogP contribution >= 0.6 is 11.3 Å². The van der Waals surface area contributed by atoms with Gasteiger partial charge in [-0.25, -0.2) is 4.79 Å². The van der Waals surface area contributed by atoms with Crippen LogP contribution in [0.25, 0.3) is 0 Å². The second-order valence-electron chi connectivity index (χ2n) is 6.19. The molecule has 1 aliphatic rings. The number of carbonyl (C=O) groups excluding carboxylic acids is 2. The lowest BCUT2D eigenvalue weighted by Crippen LogP contribution is -2.50. The first-order valence-corrected chi connectivity index (χ1v) is 10.2. The molecule has 2 amide bonds. The van der Waals surface area contributed by atoms with Crippen molar-refractivity contribution in [2.75, 3.05) is 39.8 Å². The highest BCUT2D eigenvalue weighted by molar-refractivity contribution is 7.12. The number of ether oxygens (including phenoxy) is 1. The van der Waals surface area contributed by atoms with Gasteiger partial charge in [-0.2, -0.15) is 0 Å². The van der Waals surface area contributed by atoms with Crippen molar-refractivity contribution in [2.45, 2.75) is 32.2 Å². The molecule has 9 heteroatoms. The fraction of sp³-hybridized carbons (Fsp3) is 0.611. The zero-order chi connectivity index (χ0) is 19.5. The van der Waals surface area contributed by atoms with Gasteiger partial charge in [-0.3, -0.25) is 9.79 Å². The van der Waals surface area contributed by atoms with Crippen molar-refractivity contribution in [3.8, 4) is 0 Å². The molecule has 150 valence electrons. The number of likely N-dealkylation sites (tertiary alicyclic amines) is 1. The van der Waals surface area contributed by atoms with Crippen LogP contribution in [-0.2, 0) is 4.74 Å². The maximum absolute atomic E-state index is 11.8. The van der Waals surface area contributed by atoms with Crippen LogP contribution in [0.3, 0.4) is 0 Å². The predicted molar refractivity (Wildman–Crippen MR) is 107 cm³/mol. The minimum atomic E-state index is -0.233.